The minimum atomic E-state index is 0.621. The summed E-state index contributed by atoms with van der Waals surface area (Å²) in [5.74, 6) is 1.46. The van der Waals surface area contributed by atoms with E-state index in [1.54, 1.807) is 5.56 Å². The predicted octanol–water partition coefficient (Wildman–Crippen LogP) is 4.17. The number of aromatic nitrogens is 1. The lowest BCUT2D eigenvalue weighted by Crippen LogP contribution is -1.91. The first-order valence-corrected chi connectivity index (χ1v) is 5.86. The number of aromatic amines is 1. The second kappa shape index (κ2) is 3.13. The molecule has 78 valence electrons. The van der Waals surface area contributed by atoms with E-state index in [1.165, 1.54) is 29.3 Å². The fourth-order valence-electron chi connectivity index (χ4n) is 2.28. The van der Waals surface area contributed by atoms with Gasteiger partial charge in [-0.05, 0) is 47.9 Å². The molecule has 1 aliphatic rings. The average Bonchev–Trinajstić information content (AvgIpc) is 2.94. The van der Waals surface area contributed by atoms with Gasteiger partial charge in [-0.1, -0.05) is 19.9 Å². The van der Waals surface area contributed by atoms with Crippen LogP contribution in [0.1, 0.15) is 49.7 Å². The van der Waals surface area contributed by atoms with Gasteiger partial charge in [0, 0.05) is 17.1 Å². The molecule has 2 aromatic rings. The molecule has 0 unspecified atom stereocenters. The van der Waals surface area contributed by atoms with E-state index in [2.05, 4.69) is 43.2 Å². The summed E-state index contributed by atoms with van der Waals surface area (Å²) in [5, 5.41) is 1.43. The van der Waals surface area contributed by atoms with E-state index in [0.29, 0.717) is 5.92 Å². The number of H-pyrrole nitrogens is 1. The van der Waals surface area contributed by atoms with Crippen molar-refractivity contribution in [2.45, 2.75) is 38.5 Å². The zero-order valence-corrected chi connectivity index (χ0v) is 9.38. The molecular weight excluding hydrogens is 182 g/mol. The van der Waals surface area contributed by atoms with Gasteiger partial charge in [-0.15, -0.1) is 0 Å². The van der Waals surface area contributed by atoms with Crippen LogP contribution in [0, 0.1) is 0 Å². The third-order valence-corrected chi connectivity index (χ3v) is 3.41. The Kier molecular flexibility index (Phi) is 1.88. The summed E-state index contributed by atoms with van der Waals surface area (Å²) >= 11 is 0. The van der Waals surface area contributed by atoms with Crippen LogP contribution in [0.15, 0.2) is 24.4 Å². The fraction of sp³-hybridized carbons (Fsp3) is 0.429. The van der Waals surface area contributed by atoms with Crippen LogP contribution >= 0.6 is 0 Å². The summed E-state index contributed by atoms with van der Waals surface area (Å²) in [5.41, 5.74) is 4.34. The van der Waals surface area contributed by atoms with Gasteiger partial charge in [0.25, 0.3) is 0 Å². The minimum Gasteiger partial charge on any atom is -0.361 e. The van der Waals surface area contributed by atoms with E-state index >= 15 is 0 Å². The highest BCUT2D eigenvalue weighted by atomic mass is 14.7. The van der Waals surface area contributed by atoms with E-state index in [9.17, 15) is 0 Å². The summed E-state index contributed by atoms with van der Waals surface area (Å²) in [6.45, 7) is 4.53. The highest BCUT2D eigenvalue weighted by Crippen LogP contribution is 2.44. The van der Waals surface area contributed by atoms with E-state index in [4.69, 9.17) is 0 Å². The number of hydrogen-bond acceptors (Lipinski definition) is 0. The van der Waals surface area contributed by atoms with Crippen LogP contribution in [0.3, 0.4) is 0 Å². The first-order chi connectivity index (χ1) is 7.25. The van der Waals surface area contributed by atoms with Gasteiger partial charge in [0.2, 0.25) is 0 Å². The monoisotopic (exact) mass is 199 g/mol. The Morgan fingerprint density at radius 2 is 2.07 bits per heavy atom. The smallest absolute Gasteiger partial charge is 0.0459 e. The molecule has 1 fully saturated rings. The third-order valence-electron chi connectivity index (χ3n) is 3.41. The summed E-state index contributed by atoms with van der Waals surface area (Å²) in [6, 6.07) is 6.93. The Morgan fingerprint density at radius 3 is 2.73 bits per heavy atom. The second-order valence-electron chi connectivity index (χ2n) is 4.98. The van der Waals surface area contributed by atoms with Crippen LogP contribution in [0.2, 0.25) is 0 Å². The summed E-state index contributed by atoms with van der Waals surface area (Å²) < 4.78 is 0. The SMILES string of the molecule is CC(C)c1cc(C2CC2)c2cc[nH]c2c1. The largest absolute Gasteiger partial charge is 0.361 e. The molecule has 1 aromatic carbocycles. The lowest BCUT2D eigenvalue weighted by molar-refractivity contribution is 0.864. The molecule has 1 nitrogen and oxygen atoms in total. The molecule has 15 heavy (non-hydrogen) atoms. The van der Waals surface area contributed by atoms with Gasteiger partial charge in [-0.25, -0.2) is 0 Å². The van der Waals surface area contributed by atoms with Crippen LogP contribution in [0.4, 0.5) is 0 Å². The quantitative estimate of drug-likeness (QED) is 0.747. The summed E-state index contributed by atoms with van der Waals surface area (Å²) in [6.07, 6.45) is 4.81. The first-order valence-electron chi connectivity index (χ1n) is 5.86. The normalized spacial score (nSPS) is 16.5. The maximum absolute atomic E-state index is 3.34. The van der Waals surface area contributed by atoms with E-state index in [-0.39, 0.29) is 0 Å². The van der Waals surface area contributed by atoms with Gasteiger partial charge in [0.1, 0.15) is 0 Å². The van der Waals surface area contributed by atoms with Gasteiger partial charge in [0.15, 0.2) is 0 Å². The van der Waals surface area contributed by atoms with Gasteiger partial charge < -0.3 is 4.98 Å². The molecule has 0 atom stereocenters. The van der Waals surface area contributed by atoms with E-state index < -0.39 is 0 Å². The number of fused-ring (bicyclic) bond motifs is 1. The highest BCUT2D eigenvalue weighted by Gasteiger charge is 2.26. The molecule has 1 saturated carbocycles. The van der Waals surface area contributed by atoms with E-state index in [1.807, 2.05) is 0 Å². The van der Waals surface area contributed by atoms with Crippen LogP contribution in [0.5, 0.6) is 0 Å². The van der Waals surface area contributed by atoms with Crippen molar-refractivity contribution in [1.82, 2.24) is 4.98 Å². The van der Waals surface area contributed by atoms with Gasteiger partial charge >= 0.3 is 0 Å². The first kappa shape index (κ1) is 9.02. The number of hydrogen-bond donors (Lipinski definition) is 1. The predicted molar refractivity (Wildman–Crippen MR) is 64.4 cm³/mol. The molecule has 0 amide bonds. The average molecular weight is 199 g/mol. The standard InChI is InChI=1S/C14H17N/c1-9(2)11-7-13(10-3-4-10)12-5-6-15-14(12)8-11/h5-10,15H,3-4H2,1-2H3. The Morgan fingerprint density at radius 1 is 1.27 bits per heavy atom. The van der Waals surface area contributed by atoms with Crippen LogP contribution in [-0.2, 0) is 0 Å². The molecule has 0 bridgehead atoms. The zero-order valence-electron chi connectivity index (χ0n) is 9.38. The Balaban J connectivity index is 2.24. The van der Waals surface area contributed by atoms with Crippen LogP contribution in [-0.4, -0.2) is 4.98 Å². The molecule has 1 heteroatoms. The molecule has 0 radical (unpaired) electrons. The van der Waals surface area contributed by atoms with Crippen molar-refractivity contribution in [1.29, 1.82) is 0 Å². The fourth-order valence-corrected chi connectivity index (χ4v) is 2.28. The lowest BCUT2D eigenvalue weighted by atomic mass is 9.96. The second-order valence-corrected chi connectivity index (χ2v) is 4.98. The van der Waals surface area contributed by atoms with Crippen molar-refractivity contribution in [3.05, 3.63) is 35.5 Å². The topological polar surface area (TPSA) is 15.8 Å². The van der Waals surface area contributed by atoms with Gasteiger partial charge in [-0.2, -0.15) is 0 Å². The maximum atomic E-state index is 3.34. The van der Waals surface area contributed by atoms with Gasteiger partial charge in [-0.3, -0.25) is 0 Å². The molecule has 1 aliphatic carbocycles. The number of benzene rings is 1. The maximum Gasteiger partial charge on any atom is 0.0459 e. The molecule has 1 heterocycles. The molecule has 0 aliphatic heterocycles. The molecule has 1 aromatic heterocycles. The summed E-state index contributed by atoms with van der Waals surface area (Å²) in [4.78, 5) is 3.34. The van der Waals surface area contributed by atoms with Crippen LogP contribution < -0.4 is 0 Å². The molecule has 1 N–H and O–H groups in total. The lowest BCUT2D eigenvalue weighted by Gasteiger charge is -2.09. The highest BCUT2D eigenvalue weighted by molar-refractivity contribution is 5.84. The Labute approximate surface area is 90.5 Å². The Bertz CT molecular complexity index is 489. The number of rotatable bonds is 2. The third kappa shape index (κ3) is 1.46. The van der Waals surface area contributed by atoms with Gasteiger partial charge in [0.05, 0.1) is 0 Å². The number of nitrogens with one attached hydrogen (secondary N) is 1. The van der Waals surface area contributed by atoms with Crippen molar-refractivity contribution in [3.8, 4) is 0 Å². The van der Waals surface area contributed by atoms with Crippen molar-refractivity contribution >= 4 is 10.9 Å². The van der Waals surface area contributed by atoms with Crippen molar-refractivity contribution in [2.75, 3.05) is 0 Å². The Hall–Kier alpha value is -1.24. The van der Waals surface area contributed by atoms with Crippen LogP contribution in [0.25, 0.3) is 10.9 Å². The molecule has 3 rings (SSSR count). The molecule has 0 saturated heterocycles. The zero-order chi connectivity index (χ0) is 10.4. The van der Waals surface area contributed by atoms with E-state index in [0.717, 1.165) is 5.92 Å². The van der Waals surface area contributed by atoms with Crippen molar-refractivity contribution < 1.29 is 0 Å². The van der Waals surface area contributed by atoms with Crippen molar-refractivity contribution in [2.24, 2.45) is 0 Å². The molecular formula is C14H17N. The van der Waals surface area contributed by atoms with Crippen molar-refractivity contribution in [3.63, 3.8) is 0 Å². The molecule has 0 spiro atoms. The minimum absolute atomic E-state index is 0.621. The summed E-state index contributed by atoms with van der Waals surface area (Å²) in [7, 11) is 0.